The Hall–Kier alpha value is -0.770. The van der Waals surface area contributed by atoms with Gasteiger partial charge in [-0.2, -0.15) is 0 Å². The highest BCUT2D eigenvalue weighted by Gasteiger charge is 2.08. The molecule has 0 saturated heterocycles. The van der Waals surface area contributed by atoms with Gasteiger partial charge in [0.05, 0.1) is 6.61 Å². The summed E-state index contributed by atoms with van der Waals surface area (Å²) in [5.41, 5.74) is 0.767. The predicted molar refractivity (Wildman–Crippen MR) is 65.9 cm³/mol. The fourth-order valence-electron chi connectivity index (χ4n) is 1.42. The molecule has 1 rings (SSSR count). The van der Waals surface area contributed by atoms with Gasteiger partial charge in [0.15, 0.2) is 0 Å². The van der Waals surface area contributed by atoms with Gasteiger partial charge in [-0.3, -0.25) is 4.90 Å². The van der Waals surface area contributed by atoms with E-state index in [2.05, 4.69) is 4.90 Å². The lowest BCUT2D eigenvalue weighted by atomic mass is 10.2. The molecular formula is C12H18ClNO2. The highest BCUT2D eigenvalue weighted by Crippen LogP contribution is 2.26. The Bertz CT molecular complexity index is 311. The van der Waals surface area contributed by atoms with E-state index in [-0.39, 0.29) is 5.75 Å². The van der Waals surface area contributed by atoms with Crippen molar-refractivity contribution in [2.75, 3.05) is 26.8 Å². The number of halogens is 1. The van der Waals surface area contributed by atoms with Gasteiger partial charge < -0.3 is 9.84 Å². The maximum Gasteiger partial charge on any atom is 0.121 e. The molecule has 0 saturated carbocycles. The van der Waals surface area contributed by atoms with Gasteiger partial charge in [-0.1, -0.05) is 17.7 Å². The molecular weight excluding hydrogens is 226 g/mol. The van der Waals surface area contributed by atoms with Crippen LogP contribution in [0.4, 0.5) is 0 Å². The molecule has 0 bridgehead atoms. The van der Waals surface area contributed by atoms with Gasteiger partial charge in [-0.05, 0) is 26.1 Å². The molecule has 0 radical (unpaired) electrons. The van der Waals surface area contributed by atoms with Gasteiger partial charge in [-0.15, -0.1) is 0 Å². The van der Waals surface area contributed by atoms with Crippen LogP contribution in [-0.2, 0) is 11.3 Å². The molecule has 0 aliphatic heterocycles. The minimum absolute atomic E-state index is 0.246. The van der Waals surface area contributed by atoms with Crippen LogP contribution in [-0.4, -0.2) is 36.8 Å². The first-order chi connectivity index (χ1) is 7.65. The highest BCUT2D eigenvalue weighted by atomic mass is 35.5. The average molecular weight is 244 g/mol. The minimum atomic E-state index is 0.246. The van der Waals surface area contributed by atoms with Crippen molar-refractivity contribution in [2.45, 2.75) is 13.5 Å². The normalized spacial score (nSPS) is 11.0. The largest absolute Gasteiger partial charge is 0.508 e. The second kappa shape index (κ2) is 6.74. The molecule has 1 N–H and O–H groups in total. The first kappa shape index (κ1) is 13.3. The van der Waals surface area contributed by atoms with Crippen molar-refractivity contribution in [1.82, 2.24) is 4.90 Å². The number of hydrogen-bond donors (Lipinski definition) is 1. The maximum absolute atomic E-state index is 9.67. The van der Waals surface area contributed by atoms with Gasteiger partial charge in [-0.25, -0.2) is 0 Å². The maximum atomic E-state index is 9.67. The standard InChI is InChI=1S/C12H18ClNO2/c1-3-16-8-7-14(2)9-10-11(13)5-4-6-12(10)15/h4-6,15H,3,7-9H2,1-2H3. The van der Waals surface area contributed by atoms with Crippen molar-refractivity contribution >= 4 is 11.6 Å². The number of phenols is 1. The van der Waals surface area contributed by atoms with Gasteiger partial charge in [0, 0.05) is 30.3 Å². The summed E-state index contributed by atoms with van der Waals surface area (Å²) in [6.07, 6.45) is 0. The summed E-state index contributed by atoms with van der Waals surface area (Å²) in [5.74, 6) is 0.246. The predicted octanol–water partition coefficient (Wildman–Crippen LogP) is 2.51. The zero-order valence-electron chi connectivity index (χ0n) is 9.74. The highest BCUT2D eigenvalue weighted by molar-refractivity contribution is 6.31. The van der Waals surface area contributed by atoms with Crippen LogP contribution in [0.15, 0.2) is 18.2 Å². The Morgan fingerprint density at radius 1 is 1.44 bits per heavy atom. The van der Waals surface area contributed by atoms with E-state index in [1.54, 1.807) is 18.2 Å². The zero-order valence-corrected chi connectivity index (χ0v) is 10.5. The van der Waals surface area contributed by atoms with Crippen LogP contribution in [0.2, 0.25) is 5.02 Å². The third-order valence-corrected chi connectivity index (χ3v) is 2.70. The van der Waals surface area contributed by atoms with Gasteiger partial charge >= 0.3 is 0 Å². The smallest absolute Gasteiger partial charge is 0.121 e. The molecule has 0 heterocycles. The third kappa shape index (κ3) is 4.00. The molecule has 0 atom stereocenters. The van der Waals surface area contributed by atoms with Crippen molar-refractivity contribution < 1.29 is 9.84 Å². The molecule has 0 amide bonds. The van der Waals surface area contributed by atoms with Crippen LogP contribution in [0.1, 0.15) is 12.5 Å². The summed E-state index contributed by atoms with van der Waals surface area (Å²) in [6, 6.07) is 5.17. The Balaban J connectivity index is 2.52. The van der Waals surface area contributed by atoms with Crippen LogP contribution in [0.5, 0.6) is 5.75 Å². The van der Waals surface area contributed by atoms with Gasteiger partial charge in [0.2, 0.25) is 0 Å². The van der Waals surface area contributed by atoms with Crippen molar-refractivity contribution in [2.24, 2.45) is 0 Å². The van der Waals surface area contributed by atoms with E-state index in [4.69, 9.17) is 16.3 Å². The zero-order chi connectivity index (χ0) is 12.0. The number of hydrogen-bond acceptors (Lipinski definition) is 3. The first-order valence-corrected chi connectivity index (χ1v) is 5.75. The molecule has 4 heteroatoms. The van der Waals surface area contributed by atoms with Crippen molar-refractivity contribution in [3.63, 3.8) is 0 Å². The van der Waals surface area contributed by atoms with Crippen molar-refractivity contribution in [1.29, 1.82) is 0 Å². The molecule has 0 aromatic heterocycles. The van der Waals surface area contributed by atoms with Crippen LogP contribution in [0, 0.1) is 0 Å². The lowest BCUT2D eigenvalue weighted by molar-refractivity contribution is 0.120. The summed E-state index contributed by atoms with van der Waals surface area (Å²) >= 11 is 6.02. The monoisotopic (exact) mass is 243 g/mol. The van der Waals surface area contributed by atoms with E-state index < -0.39 is 0 Å². The van der Waals surface area contributed by atoms with Crippen LogP contribution in [0.3, 0.4) is 0 Å². The molecule has 0 aliphatic carbocycles. The molecule has 1 aromatic rings. The Labute approximate surface area is 102 Å². The third-order valence-electron chi connectivity index (χ3n) is 2.34. The van der Waals surface area contributed by atoms with Gasteiger partial charge in [0.1, 0.15) is 5.75 Å². The molecule has 0 aliphatic rings. The lowest BCUT2D eigenvalue weighted by Gasteiger charge is -2.17. The summed E-state index contributed by atoms with van der Waals surface area (Å²) in [6.45, 7) is 4.83. The Morgan fingerprint density at radius 2 is 2.19 bits per heavy atom. The van der Waals surface area contributed by atoms with E-state index in [1.807, 2.05) is 14.0 Å². The number of benzene rings is 1. The number of nitrogens with zero attached hydrogens (tertiary/aromatic N) is 1. The molecule has 0 spiro atoms. The Kier molecular flexibility index (Phi) is 5.60. The SMILES string of the molecule is CCOCCN(C)Cc1c(O)cccc1Cl. The Morgan fingerprint density at radius 3 is 2.81 bits per heavy atom. The summed E-state index contributed by atoms with van der Waals surface area (Å²) in [7, 11) is 1.97. The van der Waals surface area contributed by atoms with Gasteiger partial charge in [0.25, 0.3) is 0 Å². The molecule has 1 aromatic carbocycles. The lowest BCUT2D eigenvalue weighted by Crippen LogP contribution is -2.23. The number of likely N-dealkylation sites (N-methyl/N-ethyl adjacent to an activating group) is 1. The molecule has 16 heavy (non-hydrogen) atoms. The summed E-state index contributed by atoms with van der Waals surface area (Å²) < 4.78 is 5.27. The second-order valence-corrected chi connectivity index (χ2v) is 4.08. The van der Waals surface area contributed by atoms with Crippen LogP contribution < -0.4 is 0 Å². The van der Waals surface area contributed by atoms with E-state index in [0.29, 0.717) is 18.2 Å². The number of aromatic hydroxyl groups is 1. The van der Waals surface area contributed by atoms with Crippen molar-refractivity contribution in [3.8, 4) is 5.75 Å². The van der Waals surface area contributed by atoms with Crippen LogP contribution in [0.25, 0.3) is 0 Å². The fourth-order valence-corrected chi connectivity index (χ4v) is 1.65. The van der Waals surface area contributed by atoms with Crippen molar-refractivity contribution in [3.05, 3.63) is 28.8 Å². The molecule has 0 unspecified atom stereocenters. The van der Waals surface area contributed by atoms with E-state index in [9.17, 15) is 5.11 Å². The average Bonchev–Trinajstić information content (AvgIpc) is 2.24. The number of ether oxygens (including phenoxy) is 1. The second-order valence-electron chi connectivity index (χ2n) is 3.67. The minimum Gasteiger partial charge on any atom is -0.508 e. The van der Waals surface area contributed by atoms with E-state index in [0.717, 1.165) is 18.7 Å². The summed E-state index contributed by atoms with van der Waals surface area (Å²) in [4.78, 5) is 2.07. The summed E-state index contributed by atoms with van der Waals surface area (Å²) in [5, 5.41) is 10.3. The van der Waals surface area contributed by atoms with Crippen LogP contribution >= 0.6 is 11.6 Å². The van der Waals surface area contributed by atoms with E-state index in [1.165, 1.54) is 0 Å². The molecule has 3 nitrogen and oxygen atoms in total. The fraction of sp³-hybridized carbons (Fsp3) is 0.500. The number of phenolic OH excluding ortho intramolecular Hbond substituents is 1. The molecule has 0 fully saturated rings. The quantitative estimate of drug-likeness (QED) is 0.780. The number of rotatable bonds is 6. The topological polar surface area (TPSA) is 32.7 Å². The molecule has 90 valence electrons. The first-order valence-electron chi connectivity index (χ1n) is 5.37. The van der Waals surface area contributed by atoms with E-state index >= 15 is 0 Å².